The van der Waals surface area contributed by atoms with Gasteiger partial charge in [-0.25, -0.2) is 9.67 Å². The van der Waals surface area contributed by atoms with Crippen molar-refractivity contribution in [2.75, 3.05) is 6.61 Å². The van der Waals surface area contributed by atoms with Crippen LogP contribution in [-0.2, 0) is 6.54 Å². The monoisotopic (exact) mass is 324 g/mol. The molecule has 0 bridgehead atoms. The molecule has 1 N–H and O–H groups in total. The molecule has 1 amide bonds. The van der Waals surface area contributed by atoms with Gasteiger partial charge in [-0.3, -0.25) is 4.79 Å². The molecular weight excluding hydrogens is 308 g/mol. The summed E-state index contributed by atoms with van der Waals surface area (Å²) in [5.41, 5.74) is 2.05. The van der Waals surface area contributed by atoms with Crippen LogP contribution in [0.15, 0.2) is 48.9 Å². The summed E-state index contributed by atoms with van der Waals surface area (Å²) in [5, 5.41) is 13.9. The largest absolute Gasteiger partial charge is 0.478 e. The average Bonchev–Trinajstić information content (AvgIpc) is 3.16. The number of aromatic nitrogens is 5. The van der Waals surface area contributed by atoms with E-state index in [1.54, 1.807) is 24.4 Å². The number of nitrogens with zero attached hydrogens (tertiary/aromatic N) is 5. The van der Waals surface area contributed by atoms with Crippen LogP contribution in [0.1, 0.15) is 22.8 Å². The topological polar surface area (TPSA) is 94.8 Å². The third kappa shape index (κ3) is 3.54. The summed E-state index contributed by atoms with van der Waals surface area (Å²) in [6.45, 7) is 2.74. The number of pyridine rings is 1. The van der Waals surface area contributed by atoms with Crippen LogP contribution in [0.4, 0.5) is 0 Å². The highest BCUT2D eigenvalue weighted by atomic mass is 16.5. The van der Waals surface area contributed by atoms with Gasteiger partial charge in [-0.2, -0.15) is 0 Å². The second-order valence-electron chi connectivity index (χ2n) is 4.89. The lowest BCUT2D eigenvalue weighted by atomic mass is 10.2. The number of amides is 1. The molecule has 3 rings (SSSR count). The molecule has 0 aliphatic carbocycles. The smallest absolute Gasteiger partial charge is 0.251 e. The molecule has 0 saturated heterocycles. The molecule has 3 aromatic rings. The number of hydrogen-bond acceptors (Lipinski definition) is 6. The minimum atomic E-state index is -0.198. The van der Waals surface area contributed by atoms with Crippen LogP contribution in [0, 0.1) is 0 Å². The van der Waals surface area contributed by atoms with Crippen molar-refractivity contribution in [1.29, 1.82) is 0 Å². The lowest BCUT2D eigenvalue weighted by Crippen LogP contribution is -2.23. The molecule has 2 aromatic heterocycles. The SMILES string of the molecule is CCOc1ncccc1CNC(=O)c1cccc(-n2cnnn2)c1. The summed E-state index contributed by atoms with van der Waals surface area (Å²) in [6.07, 6.45) is 3.13. The molecule has 8 nitrogen and oxygen atoms in total. The summed E-state index contributed by atoms with van der Waals surface area (Å²) in [6, 6.07) is 10.7. The van der Waals surface area contributed by atoms with E-state index in [2.05, 4.69) is 25.8 Å². The fourth-order valence-electron chi connectivity index (χ4n) is 2.17. The van der Waals surface area contributed by atoms with Crippen LogP contribution in [0.3, 0.4) is 0 Å². The Morgan fingerprint density at radius 1 is 1.29 bits per heavy atom. The molecule has 0 radical (unpaired) electrons. The molecular formula is C16H16N6O2. The number of ether oxygens (including phenoxy) is 1. The van der Waals surface area contributed by atoms with E-state index in [4.69, 9.17) is 4.74 Å². The Balaban J connectivity index is 1.71. The van der Waals surface area contributed by atoms with Gasteiger partial charge in [0.15, 0.2) is 0 Å². The zero-order chi connectivity index (χ0) is 16.8. The highest BCUT2D eigenvalue weighted by Gasteiger charge is 2.10. The van der Waals surface area contributed by atoms with Crippen molar-refractivity contribution in [3.05, 3.63) is 60.0 Å². The third-order valence-corrected chi connectivity index (χ3v) is 3.29. The molecule has 8 heteroatoms. The van der Waals surface area contributed by atoms with Crippen LogP contribution >= 0.6 is 0 Å². The zero-order valence-corrected chi connectivity index (χ0v) is 13.1. The molecule has 1 aromatic carbocycles. The van der Waals surface area contributed by atoms with Gasteiger partial charge in [0, 0.05) is 23.9 Å². The third-order valence-electron chi connectivity index (χ3n) is 3.29. The highest BCUT2D eigenvalue weighted by Crippen LogP contribution is 2.14. The van der Waals surface area contributed by atoms with Gasteiger partial charge >= 0.3 is 0 Å². The second-order valence-corrected chi connectivity index (χ2v) is 4.89. The van der Waals surface area contributed by atoms with Crippen molar-refractivity contribution in [2.24, 2.45) is 0 Å². The number of benzene rings is 1. The van der Waals surface area contributed by atoms with Gasteiger partial charge in [-0.15, -0.1) is 5.10 Å². The summed E-state index contributed by atoms with van der Waals surface area (Å²) < 4.78 is 6.95. The molecule has 2 heterocycles. The number of carbonyl (C=O) groups excluding carboxylic acids is 1. The van der Waals surface area contributed by atoms with Gasteiger partial charge in [0.1, 0.15) is 6.33 Å². The van der Waals surface area contributed by atoms with Gasteiger partial charge in [-0.05, 0) is 41.6 Å². The van der Waals surface area contributed by atoms with E-state index in [0.717, 1.165) is 5.56 Å². The molecule has 0 fully saturated rings. The van der Waals surface area contributed by atoms with E-state index < -0.39 is 0 Å². The lowest BCUT2D eigenvalue weighted by Gasteiger charge is -2.10. The Bertz CT molecular complexity index is 819. The second kappa shape index (κ2) is 7.32. The van der Waals surface area contributed by atoms with Crippen LogP contribution in [0.25, 0.3) is 5.69 Å². The van der Waals surface area contributed by atoms with E-state index in [-0.39, 0.29) is 5.91 Å². The molecule has 0 atom stereocenters. The standard InChI is InChI=1S/C16H16N6O2/c1-2-24-16-13(6-4-8-17-16)10-18-15(23)12-5-3-7-14(9-12)22-11-19-20-21-22/h3-9,11H,2,10H2,1H3,(H,18,23). The van der Waals surface area contributed by atoms with Crippen LogP contribution in [0.5, 0.6) is 5.88 Å². The average molecular weight is 324 g/mol. The van der Waals surface area contributed by atoms with Crippen molar-refractivity contribution in [1.82, 2.24) is 30.5 Å². The van der Waals surface area contributed by atoms with Gasteiger partial charge < -0.3 is 10.1 Å². The van der Waals surface area contributed by atoms with Crippen molar-refractivity contribution in [3.8, 4) is 11.6 Å². The maximum absolute atomic E-state index is 12.4. The van der Waals surface area contributed by atoms with Crippen molar-refractivity contribution < 1.29 is 9.53 Å². The minimum Gasteiger partial charge on any atom is -0.478 e. The molecule has 0 saturated carbocycles. The summed E-state index contributed by atoms with van der Waals surface area (Å²) in [7, 11) is 0. The molecule has 0 spiro atoms. The molecule has 0 aliphatic rings. The van der Waals surface area contributed by atoms with Crippen molar-refractivity contribution in [2.45, 2.75) is 13.5 Å². The molecule has 24 heavy (non-hydrogen) atoms. The summed E-state index contributed by atoms with van der Waals surface area (Å²) in [5.74, 6) is 0.332. The Morgan fingerprint density at radius 3 is 3.00 bits per heavy atom. The van der Waals surface area contributed by atoms with Gasteiger partial charge in [-0.1, -0.05) is 12.1 Å². The fraction of sp³-hybridized carbons (Fsp3) is 0.188. The van der Waals surface area contributed by atoms with E-state index in [1.165, 1.54) is 11.0 Å². The van der Waals surface area contributed by atoms with E-state index >= 15 is 0 Å². The Labute approximate surface area is 138 Å². The Morgan fingerprint density at radius 2 is 2.21 bits per heavy atom. The molecule has 122 valence electrons. The lowest BCUT2D eigenvalue weighted by molar-refractivity contribution is 0.0950. The maximum atomic E-state index is 12.4. The number of hydrogen-bond donors (Lipinski definition) is 1. The summed E-state index contributed by atoms with van der Waals surface area (Å²) >= 11 is 0. The van der Waals surface area contributed by atoms with E-state index in [9.17, 15) is 4.79 Å². The van der Waals surface area contributed by atoms with E-state index in [0.29, 0.717) is 30.3 Å². The van der Waals surface area contributed by atoms with Crippen LogP contribution in [0.2, 0.25) is 0 Å². The Kier molecular flexibility index (Phi) is 4.76. The Hall–Kier alpha value is -3.29. The molecule has 0 aliphatic heterocycles. The predicted molar refractivity (Wildman–Crippen MR) is 85.7 cm³/mol. The normalized spacial score (nSPS) is 10.4. The van der Waals surface area contributed by atoms with Gasteiger partial charge in [0.2, 0.25) is 5.88 Å². The van der Waals surface area contributed by atoms with E-state index in [1.807, 2.05) is 25.1 Å². The zero-order valence-electron chi connectivity index (χ0n) is 13.1. The number of nitrogens with one attached hydrogen (secondary N) is 1. The number of tetrazole rings is 1. The first-order valence-electron chi connectivity index (χ1n) is 7.46. The van der Waals surface area contributed by atoms with Crippen molar-refractivity contribution in [3.63, 3.8) is 0 Å². The first kappa shape index (κ1) is 15.6. The minimum absolute atomic E-state index is 0.198. The van der Waals surface area contributed by atoms with Gasteiger partial charge in [0.05, 0.1) is 12.3 Å². The first-order valence-corrected chi connectivity index (χ1v) is 7.46. The maximum Gasteiger partial charge on any atom is 0.251 e. The highest BCUT2D eigenvalue weighted by molar-refractivity contribution is 5.94. The number of rotatable bonds is 6. The number of carbonyl (C=O) groups is 1. The summed E-state index contributed by atoms with van der Waals surface area (Å²) in [4.78, 5) is 16.5. The first-order chi connectivity index (χ1) is 11.8. The van der Waals surface area contributed by atoms with Crippen LogP contribution in [-0.4, -0.2) is 37.7 Å². The predicted octanol–water partition coefficient (Wildman–Crippen LogP) is 1.39. The van der Waals surface area contributed by atoms with Crippen LogP contribution < -0.4 is 10.1 Å². The van der Waals surface area contributed by atoms with Crippen molar-refractivity contribution >= 4 is 5.91 Å². The molecule has 0 unspecified atom stereocenters. The van der Waals surface area contributed by atoms with Gasteiger partial charge in [0.25, 0.3) is 5.91 Å². The quantitative estimate of drug-likeness (QED) is 0.736. The fourth-order valence-corrected chi connectivity index (χ4v) is 2.17.